The molecular weight excluding hydrogens is 258 g/mol. The van der Waals surface area contributed by atoms with Gasteiger partial charge in [0.2, 0.25) is 0 Å². The van der Waals surface area contributed by atoms with Gasteiger partial charge in [-0.05, 0) is 74.1 Å². The summed E-state index contributed by atoms with van der Waals surface area (Å²) < 4.78 is 6.05. The van der Waals surface area contributed by atoms with E-state index in [2.05, 4.69) is 24.3 Å². The van der Waals surface area contributed by atoms with Gasteiger partial charge >= 0.3 is 0 Å². The van der Waals surface area contributed by atoms with Crippen molar-refractivity contribution in [3.8, 4) is 5.75 Å². The highest BCUT2D eigenvalue weighted by Gasteiger charge is 2.30. The Bertz CT molecular complexity index is 435. The first kappa shape index (κ1) is 14.9. The standard InChI is InChI=1S/C19H29NO/c20-13-18(17-9-10-17)11-16-7-4-8-19(12-16)21-14-15-5-2-1-3-6-15/h4,7-8,12,15,17-18H,1-3,5-6,9-11,13-14,20H2. The molecule has 2 N–H and O–H groups in total. The van der Waals surface area contributed by atoms with Crippen LogP contribution in [0, 0.1) is 17.8 Å². The summed E-state index contributed by atoms with van der Waals surface area (Å²) in [6.07, 6.45) is 10.7. The summed E-state index contributed by atoms with van der Waals surface area (Å²) >= 11 is 0. The first-order chi connectivity index (χ1) is 10.3. The fourth-order valence-corrected chi connectivity index (χ4v) is 3.64. The molecule has 0 heterocycles. The average Bonchev–Trinajstić information content (AvgIpc) is 3.37. The van der Waals surface area contributed by atoms with E-state index in [-0.39, 0.29) is 0 Å². The summed E-state index contributed by atoms with van der Waals surface area (Å²) in [6.45, 7) is 1.71. The zero-order valence-electron chi connectivity index (χ0n) is 13.1. The maximum atomic E-state index is 6.05. The van der Waals surface area contributed by atoms with Gasteiger partial charge in [-0.1, -0.05) is 31.4 Å². The lowest BCUT2D eigenvalue weighted by Gasteiger charge is -2.22. The molecule has 2 aliphatic rings. The molecule has 2 nitrogen and oxygen atoms in total. The molecule has 0 aromatic heterocycles. The summed E-state index contributed by atoms with van der Waals surface area (Å²) in [5, 5.41) is 0. The molecule has 2 fully saturated rings. The summed E-state index contributed by atoms with van der Waals surface area (Å²) in [4.78, 5) is 0. The quantitative estimate of drug-likeness (QED) is 0.816. The smallest absolute Gasteiger partial charge is 0.119 e. The Labute approximate surface area is 129 Å². The maximum Gasteiger partial charge on any atom is 0.119 e. The largest absolute Gasteiger partial charge is 0.493 e. The van der Waals surface area contributed by atoms with Gasteiger partial charge in [0.05, 0.1) is 6.61 Å². The maximum absolute atomic E-state index is 6.05. The SMILES string of the molecule is NCC(Cc1cccc(OCC2CCCCC2)c1)C1CC1. The van der Waals surface area contributed by atoms with Gasteiger partial charge in [0.15, 0.2) is 0 Å². The van der Waals surface area contributed by atoms with E-state index >= 15 is 0 Å². The molecule has 0 amide bonds. The van der Waals surface area contributed by atoms with Crippen LogP contribution >= 0.6 is 0 Å². The number of ether oxygens (including phenoxy) is 1. The second kappa shape index (κ2) is 7.31. The molecule has 0 aliphatic heterocycles. The molecule has 1 unspecified atom stereocenters. The monoisotopic (exact) mass is 287 g/mol. The fraction of sp³-hybridized carbons (Fsp3) is 0.684. The first-order valence-corrected chi connectivity index (χ1v) is 8.77. The van der Waals surface area contributed by atoms with Crippen molar-refractivity contribution in [3.05, 3.63) is 29.8 Å². The first-order valence-electron chi connectivity index (χ1n) is 8.77. The highest BCUT2D eigenvalue weighted by Crippen LogP contribution is 2.38. The van der Waals surface area contributed by atoms with Crippen molar-refractivity contribution in [2.24, 2.45) is 23.5 Å². The van der Waals surface area contributed by atoms with Gasteiger partial charge in [-0.15, -0.1) is 0 Å². The van der Waals surface area contributed by atoms with Crippen LogP contribution < -0.4 is 10.5 Å². The third-order valence-corrected chi connectivity index (χ3v) is 5.20. The fourth-order valence-electron chi connectivity index (χ4n) is 3.64. The molecule has 3 rings (SSSR count). The van der Waals surface area contributed by atoms with Crippen LogP contribution in [0.2, 0.25) is 0 Å². The molecule has 1 atom stereocenters. The highest BCUT2D eigenvalue weighted by atomic mass is 16.5. The lowest BCUT2D eigenvalue weighted by molar-refractivity contribution is 0.208. The number of rotatable bonds is 7. The van der Waals surface area contributed by atoms with Crippen LogP contribution in [0.15, 0.2) is 24.3 Å². The molecule has 0 radical (unpaired) electrons. The van der Waals surface area contributed by atoms with Crippen LogP contribution in [0.25, 0.3) is 0 Å². The topological polar surface area (TPSA) is 35.2 Å². The highest BCUT2D eigenvalue weighted by molar-refractivity contribution is 5.29. The van der Waals surface area contributed by atoms with Crippen molar-refractivity contribution in [1.82, 2.24) is 0 Å². The van der Waals surface area contributed by atoms with Crippen LogP contribution in [0.4, 0.5) is 0 Å². The Balaban J connectivity index is 1.52. The van der Waals surface area contributed by atoms with Crippen molar-refractivity contribution >= 4 is 0 Å². The Kier molecular flexibility index (Phi) is 5.18. The van der Waals surface area contributed by atoms with Crippen molar-refractivity contribution in [1.29, 1.82) is 0 Å². The zero-order valence-corrected chi connectivity index (χ0v) is 13.1. The van der Waals surface area contributed by atoms with E-state index in [1.54, 1.807) is 0 Å². The predicted octanol–water partition coefficient (Wildman–Crippen LogP) is 4.17. The van der Waals surface area contributed by atoms with Crippen LogP contribution in [0.5, 0.6) is 5.75 Å². The number of hydrogen-bond acceptors (Lipinski definition) is 2. The van der Waals surface area contributed by atoms with Crippen molar-refractivity contribution in [2.75, 3.05) is 13.2 Å². The molecule has 1 aromatic rings. The molecule has 1 aromatic carbocycles. The van der Waals surface area contributed by atoms with E-state index in [0.717, 1.165) is 37.2 Å². The zero-order chi connectivity index (χ0) is 14.5. The van der Waals surface area contributed by atoms with Gasteiger partial charge in [0.25, 0.3) is 0 Å². The van der Waals surface area contributed by atoms with E-state index in [0.29, 0.717) is 5.92 Å². The van der Waals surface area contributed by atoms with E-state index in [4.69, 9.17) is 10.5 Å². The summed E-state index contributed by atoms with van der Waals surface area (Å²) in [5.41, 5.74) is 7.31. The van der Waals surface area contributed by atoms with Crippen molar-refractivity contribution in [3.63, 3.8) is 0 Å². The van der Waals surface area contributed by atoms with Gasteiger partial charge in [-0.2, -0.15) is 0 Å². The van der Waals surface area contributed by atoms with E-state index in [9.17, 15) is 0 Å². The summed E-state index contributed by atoms with van der Waals surface area (Å²) in [5.74, 6) is 3.36. The van der Waals surface area contributed by atoms with Crippen LogP contribution in [0.1, 0.15) is 50.5 Å². The molecule has 2 heteroatoms. The molecule has 2 aliphatic carbocycles. The molecule has 116 valence electrons. The predicted molar refractivity (Wildman–Crippen MR) is 87.5 cm³/mol. The second-order valence-corrected chi connectivity index (χ2v) is 7.00. The molecule has 0 spiro atoms. The molecule has 0 bridgehead atoms. The summed E-state index contributed by atoms with van der Waals surface area (Å²) in [6, 6.07) is 8.68. The van der Waals surface area contributed by atoms with E-state index in [1.807, 2.05) is 0 Å². The van der Waals surface area contributed by atoms with Gasteiger partial charge in [0.1, 0.15) is 5.75 Å². The van der Waals surface area contributed by atoms with Crippen molar-refractivity contribution < 1.29 is 4.74 Å². The van der Waals surface area contributed by atoms with Gasteiger partial charge in [-0.25, -0.2) is 0 Å². The third kappa shape index (κ3) is 4.47. The molecular formula is C19H29NO. The van der Waals surface area contributed by atoms with Crippen LogP contribution in [-0.4, -0.2) is 13.2 Å². The van der Waals surface area contributed by atoms with E-state index in [1.165, 1.54) is 50.5 Å². The molecule has 21 heavy (non-hydrogen) atoms. The number of benzene rings is 1. The second-order valence-electron chi connectivity index (χ2n) is 7.00. The normalized spacial score (nSPS) is 21.2. The lowest BCUT2D eigenvalue weighted by Crippen LogP contribution is -2.19. The van der Waals surface area contributed by atoms with Crippen molar-refractivity contribution in [2.45, 2.75) is 51.4 Å². The number of nitrogens with two attached hydrogens (primary N) is 1. The Morgan fingerprint density at radius 2 is 1.90 bits per heavy atom. The summed E-state index contributed by atoms with van der Waals surface area (Å²) in [7, 11) is 0. The van der Waals surface area contributed by atoms with Gasteiger partial charge < -0.3 is 10.5 Å². The third-order valence-electron chi connectivity index (χ3n) is 5.20. The van der Waals surface area contributed by atoms with Gasteiger partial charge in [-0.3, -0.25) is 0 Å². The molecule has 2 saturated carbocycles. The average molecular weight is 287 g/mol. The minimum absolute atomic E-state index is 0.665. The Hall–Kier alpha value is -1.02. The lowest BCUT2D eigenvalue weighted by atomic mass is 9.90. The molecule has 0 saturated heterocycles. The minimum Gasteiger partial charge on any atom is -0.493 e. The van der Waals surface area contributed by atoms with Gasteiger partial charge in [0, 0.05) is 0 Å². The Morgan fingerprint density at radius 3 is 2.62 bits per heavy atom. The number of hydrogen-bond donors (Lipinski definition) is 1. The minimum atomic E-state index is 0.665. The van der Waals surface area contributed by atoms with Crippen LogP contribution in [0.3, 0.4) is 0 Å². The van der Waals surface area contributed by atoms with E-state index < -0.39 is 0 Å². The van der Waals surface area contributed by atoms with Crippen LogP contribution in [-0.2, 0) is 6.42 Å². The Morgan fingerprint density at radius 1 is 1.10 bits per heavy atom.